The zero-order valence-electron chi connectivity index (χ0n) is 22.7. The number of anilines is 4. The third kappa shape index (κ3) is 8.18. The minimum Gasteiger partial charge on any atom is -0.457 e. The third-order valence-corrected chi connectivity index (χ3v) is 7.26. The van der Waals surface area contributed by atoms with Crippen LogP contribution >= 0.6 is 0 Å². The van der Waals surface area contributed by atoms with Crippen LogP contribution in [0.3, 0.4) is 0 Å². The van der Waals surface area contributed by atoms with E-state index >= 15 is 0 Å². The van der Waals surface area contributed by atoms with Gasteiger partial charge in [0.2, 0.25) is 11.9 Å². The molecule has 2 aliphatic rings. The number of aromatic nitrogens is 3. The van der Waals surface area contributed by atoms with E-state index in [0.717, 1.165) is 31.6 Å². The van der Waals surface area contributed by atoms with E-state index in [0.29, 0.717) is 36.5 Å². The molecule has 2 aliphatic heterocycles. The molecule has 208 valence electrons. The SMILES string of the molecule is C=CC(=O)Nc1cc(Nc2ncnc(OC3CN(S(C)=O)C3)n2)ccc1N1CCC(N(C)C)CC1.COC. The molecule has 2 saturated heterocycles. The molecule has 12 nitrogen and oxygen atoms in total. The van der Waals surface area contributed by atoms with Crippen molar-refractivity contribution in [3.63, 3.8) is 0 Å². The second-order valence-corrected chi connectivity index (χ2v) is 10.6. The number of nitrogens with one attached hydrogen (secondary N) is 2. The van der Waals surface area contributed by atoms with E-state index in [1.165, 1.54) is 12.4 Å². The molecule has 0 spiro atoms. The molecule has 2 fully saturated rings. The zero-order chi connectivity index (χ0) is 27.7. The van der Waals surface area contributed by atoms with Gasteiger partial charge in [0, 0.05) is 58.4 Å². The molecule has 1 aromatic heterocycles. The van der Waals surface area contributed by atoms with Crippen molar-refractivity contribution in [3.8, 4) is 6.01 Å². The molecule has 0 saturated carbocycles. The quantitative estimate of drug-likeness (QED) is 0.451. The lowest BCUT2D eigenvalue weighted by Gasteiger charge is -2.37. The summed E-state index contributed by atoms with van der Waals surface area (Å²) in [5.74, 6) is 0.0516. The van der Waals surface area contributed by atoms with Crippen molar-refractivity contribution in [2.75, 3.05) is 76.3 Å². The summed E-state index contributed by atoms with van der Waals surface area (Å²) in [4.78, 5) is 29.3. The van der Waals surface area contributed by atoms with E-state index in [1.54, 1.807) is 24.8 Å². The van der Waals surface area contributed by atoms with E-state index in [9.17, 15) is 9.00 Å². The fourth-order valence-corrected chi connectivity index (χ4v) is 4.91. The summed E-state index contributed by atoms with van der Waals surface area (Å²) < 4.78 is 23.3. The van der Waals surface area contributed by atoms with Gasteiger partial charge in [-0.2, -0.15) is 9.97 Å². The van der Waals surface area contributed by atoms with Gasteiger partial charge in [0.25, 0.3) is 0 Å². The zero-order valence-corrected chi connectivity index (χ0v) is 23.5. The molecule has 1 unspecified atom stereocenters. The molecule has 3 heterocycles. The van der Waals surface area contributed by atoms with Gasteiger partial charge in [0.15, 0.2) is 0 Å². The fourth-order valence-electron chi connectivity index (χ4n) is 4.16. The Labute approximate surface area is 227 Å². The number of methoxy groups -OCH3 is 1. The number of carbonyl (C=O) groups is 1. The highest BCUT2D eigenvalue weighted by atomic mass is 32.2. The van der Waals surface area contributed by atoms with Gasteiger partial charge < -0.3 is 29.9 Å². The van der Waals surface area contributed by atoms with Crippen molar-refractivity contribution in [2.24, 2.45) is 0 Å². The molecule has 13 heteroatoms. The predicted molar refractivity (Wildman–Crippen MR) is 150 cm³/mol. The van der Waals surface area contributed by atoms with Gasteiger partial charge in [-0.3, -0.25) is 4.79 Å². The third-order valence-electron chi connectivity index (χ3n) is 6.23. The van der Waals surface area contributed by atoms with E-state index in [1.807, 2.05) is 18.2 Å². The van der Waals surface area contributed by atoms with E-state index in [2.05, 4.69) is 60.8 Å². The van der Waals surface area contributed by atoms with Crippen LogP contribution < -0.4 is 20.3 Å². The number of hydrogen-bond acceptors (Lipinski definition) is 10. The lowest BCUT2D eigenvalue weighted by molar-refractivity contribution is -0.111. The molecule has 4 rings (SSSR count). The number of hydrogen-bond donors (Lipinski definition) is 2. The number of nitrogens with zero attached hydrogens (tertiary/aromatic N) is 6. The first-order valence-corrected chi connectivity index (χ1v) is 13.9. The van der Waals surface area contributed by atoms with Crippen LogP contribution in [0.1, 0.15) is 12.8 Å². The van der Waals surface area contributed by atoms with Crippen molar-refractivity contribution >= 4 is 39.9 Å². The van der Waals surface area contributed by atoms with Gasteiger partial charge >= 0.3 is 6.01 Å². The Hall–Kier alpha value is -3.13. The molecule has 1 amide bonds. The average Bonchev–Trinajstić information content (AvgIpc) is 2.86. The second-order valence-electron chi connectivity index (χ2n) is 9.24. The van der Waals surface area contributed by atoms with Crippen molar-refractivity contribution in [1.29, 1.82) is 0 Å². The summed E-state index contributed by atoms with van der Waals surface area (Å²) in [6.45, 7) is 6.52. The minimum absolute atomic E-state index is 0.106. The van der Waals surface area contributed by atoms with Crippen LogP contribution in [0, 0.1) is 0 Å². The van der Waals surface area contributed by atoms with Gasteiger partial charge in [0.1, 0.15) is 12.4 Å². The van der Waals surface area contributed by atoms with Crippen LogP contribution in [0.4, 0.5) is 23.0 Å². The van der Waals surface area contributed by atoms with Crippen LogP contribution in [0.25, 0.3) is 0 Å². The highest BCUT2D eigenvalue weighted by molar-refractivity contribution is 7.81. The fraction of sp³-hybridized carbons (Fsp3) is 0.520. The Bertz CT molecular complexity index is 1100. The van der Waals surface area contributed by atoms with Gasteiger partial charge in [0.05, 0.1) is 22.4 Å². The summed E-state index contributed by atoms with van der Waals surface area (Å²) >= 11 is 0. The Kier molecular flexibility index (Phi) is 11.0. The van der Waals surface area contributed by atoms with E-state index < -0.39 is 11.0 Å². The van der Waals surface area contributed by atoms with Crippen molar-refractivity contribution in [2.45, 2.75) is 25.0 Å². The van der Waals surface area contributed by atoms with Crippen LogP contribution in [0.15, 0.2) is 37.2 Å². The number of carbonyl (C=O) groups excluding carboxylic acids is 1. The number of piperidine rings is 1. The van der Waals surface area contributed by atoms with E-state index in [4.69, 9.17) is 4.74 Å². The second kappa shape index (κ2) is 14.1. The Morgan fingerprint density at radius 1 is 1.21 bits per heavy atom. The van der Waals surface area contributed by atoms with E-state index in [-0.39, 0.29) is 18.0 Å². The highest BCUT2D eigenvalue weighted by Crippen LogP contribution is 2.32. The first-order chi connectivity index (χ1) is 18.2. The Morgan fingerprint density at radius 3 is 2.50 bits per heavy atom. The maximum absolute atomic E-state index is 12.1. The van der Waals surface area contributed by atoms with Crippen LogP contribution in [-0.4, -0.2) is 107 Å². The number of ether oxygens (including phenoxy) is 2. The monoisotopic (exact) mass is 546 g/mol. The van der Waals surface area contributed by atoms with Crippen molar-refractivity contribution < 1.29 is 18.5 Å². The summed E-state index contributed by atoms with van der Waals surface area (Å²) in [6, 6.07) is 6.55. The number of rotatable bonds is 9. The predicted octanol–water partition coefficient (Wildman–Crippen LogP) is 1.89. The molecule has 1 aromatic carbocycles. The molecule has 2 N–H and O–H groups in total. The maximum atomic E-state index is 12.1. The molecule has 38 heavy (non-hydrogen) atoms. The van der Waals surface area contributed by atoms with Crippen LogP contribution in [0.5, 0.6) is 6.01 Å². The summed E-state index contributed by atoms with van der Waals surface area (Å²) in [5, 5.41) is 6.09. The minimum atomic E-state index is -1.00. The summed E-state index contributed by atoms with van der Waals surface area (Å²) in [5.41, 5.74) is 2.37. The molecule has 0 aliphatic carbocycles. The van der Waals surface area contributed by atoms with Gasteiger partial charge in [-0.05, 0) is 51.2 Å². The first kappa shape index (κ1) is 29.4. The molecule has 0 bridgehead atoms. The number of amides is 1. The molecule has 0 radical (unpaired) electrons. The van der Waals surface area contributed by atoms with Crippen LogP contribution in [-0.2, 0) is 20.5 Å². The van der Waals surface area contributed by atoms with Crippen molar-refractivity contribution in [3.05, 3.63) is 37.2 Å². The molecular weight excluding hydrogens is 508 g/mol. The summed E-state index contributed by atoms with van der Waals surface area (Å²) in [6.07, 6.45) is 6.29. The van der Waals surface area contributed by atoms with Gasteiger partial charge in [-0.1, -0.05) is 6.58 Å². The van der Waals surface area contributed by atoms with Gasteiger partial charge in [-0.25, -0.2) is 13.5 Å². The number of benzene rings is 1. The average molecular weight is 547 g/mol. The summed E-state index contributed by atoms with van der Waals surface area (Å²) in [7, 11) is 6.47. The standard InChI is InChI=1S/C23H32N8O3S.C2H6O/c1-5-21(32)27-19-12-16(6-7-20(19)30-10-8-17(9-11-30)29(2)3)26-22-24-15-25-23(28-22)34-18-13-31(14-18)35(4)33;1-3-2/h5-7,12,15,17-18H,1,8-11,13-14H2,2-4H3,(H,27,32)(H,24,25,26,28);1-2H3. The molecular formula is C25H38N8O4S. The molecule has 1 atom stereocenters. The normalized spacial score (nSPS) is 17.2. The van der Waals surface area contributed by atoms with Crippen LogP contribution in [0.2, 0.25) is 0 Å². The lowest BCUT2D eigenvalue weighted by atomic mass is 10.0. The Balaban J connectivity index is 0.00000127. The first-order valence-electron chi connectivity index (χ1n) is 12.3. The topological polar surface area (TPSA) is 125 Å². The molecule has 2 aromatic rings. The smallest absolute Gasteiger partial charge is 0.321 e. The van der Waals surface area contributed by atoms with Crippen molar-refractivity contribution in [1.82, 2.24) is 24.2 Å². The largest absolute Gasteiger partial charge is 0.457 e. The Morgan fingerprint density at radius 2 is 1.89 bits per heavy atom. The lowest BCUT2D eigenvalue weighted by Crippen LogP contribution is -2.54. The highest BCUT2D eigenvalue weighted by Gasteiger charge is 2.31. The van der Waals surface area contributed by atoms with Gasteiger partial charge in [-0.15, -0.1) is 0 Å². The maximum Gasteiger partial charge on any atom is 0.321 e.